The molecule has 2 aromatic carbocycles. The largest absolute Gasteiger partial charge is 0.299 e. The lowest BCUT2D eigenvalue weighted by Crippen LogP contribution is -2.35. The third kappa shape index (κ3) is 5.02. The molecule has 0 saturated carbocycles. The minimum Gasteiger partial charge on any atom is -0.299 e. The molecule has 0 unspecified atom stereocenters. The van der Waals surface area contributed by atoms with E-state index >= 15 is 0 Å². The summed E-state index contributed by atoms with van der Waals surface area (Å²) in [5.74, 6) is 1.16. The standard InChI is InChI=1S/C23H29NO/c1-18(2)16-19-8-10-21(11-9-19)23(25)22-12-14-24(15-13-22)17-20-6-4-3-5-7-20/h3-11,18,22H,12-17H2,1-2H3. The average Bonchev–Trinajstić information content (AvgIpc) is 2.63. The zero-order valence-electron chi connectivity index (χ0n) is 15.4. The number of nitrogens with zero attached hydrogens (tertiary/aromatic N) is 1. The molecule has 1 aliphatic heterocycles. The summed E-state index contributed by atoms with van der Waals surface area (Å²) in [6.45, 7) is 7.46. The van der Waals surface area contributed by atoms with Crippen molar-refractivity contribution < 1.29 is 4.79 Å². The van der Waals surface area contributed by atoms with Crippen LogP contribution < -0.4 is 0 Å². The maximum Gasteiger partial charge on any atom is 0.166 e. The second-order valence-corrected chi connectivity index (χ2v) is 7.70. The molecule has 1 heterocycles. The second kappa shape index (κ2) is 8.44. The van der Waals surface area contributed by atoms with Gasteiger partial charge in [-0.15, -0.1) is 0 Å². The van der Waals surface area contributed by atoms with Gasteiger partial charge in [0.1, 0.15) is 0 Å². The van der Waals surface area contributed by atoms with Crippen LogP contribution in [-0.4, -0.2) is 23.8 Å². The minimum atomic E-state index is 0.183. The van der Waals surface area contributed by atoms with Crippen molar-refractivity contribution in [3.63, 3.8) is 0 Å². The zero-order chi connectivity index (χ0) is 17.6. The predicted octanol–water partition coefficient (Wildman–Crippen LogP) is 4.98. The first-order valence-corrected chi connectivity index (χ1v) is 9.51. The molecule has 132 valence electrons. The van der Waals surface area contributed by atoms with E-state index in [1.807, 2.05) is 12.1 Å². The van der Waals surface area contributed by atoms with Gasteiger partial charge in [0.05, 0.1) is 0 Å². The van der Waals surface area contributed by atoms with E-state index in [0.29, 0.717) is 11.7 Å². The third-order valence-corrected chi connectivity index (χ3v) is 5.09. The summed E-state index contributed by atoms with van der Waals surface area (Å²) in [6, 6.07) is 18.9. The van der Waals surface area contributed by atoms with Gasteiger partial charge >= 0.3 is 0 Å². The highest BCUT2D eigenvalue weighted by atomic mass is 16.1. The van der Waals surface area contributed by atoms with Crippen molar-refractivity contribution in [1.82, 2.24) is 4.90 Å². The molecule has 0 aromatic heterocycles. The number of piperidine rings is 1. The summed E-state index contributed by atoms with van der Waals surface area (Å²) in [4.78, 5) is 15.2. The smallest absolute Gasteiger partial charge is 0.166 e. The summed E-state index contributed by atoms with van der Waals surface area (Å²) >= 11 is 0. The van der Waals surface area contributed by atoms with Crippen LogP contribution in [0.2, 0.25) is 0 Å². The lowest BCUT2D eigenvalue weighted by atomic mass is 9.88. The Morgan fingerprint density at radius 2 is 1.60 bits per heavy atom. The molecule has 1 fully saturated rings. The Morgan fingerprint density at radius 1 is 0.960 bits per heavy atom. The first-order chi connectivity index (χ1) is 12.1. The number of Topliss-reactive ketones (excluding diaryl/α,β-unsaturated/α-hetero) is 1. The highest BCUT2D eigenvalue weighted by Crippen LogP contribution is 2.23. The van der Waals surface area contributed by atoms with Crippen molar-refractivity contribution >= 4 is 5.78 Å². The molecule has 3 rings (SSSR count). The molecular formula is C23H29NO. The van der Waals surface area contributed by atoms with Crippen LogP contribution in [0.4, 0.5) is 0 Å². The van der Waals surface area contributed by atoms with Crippen molar-refractivity contribution in [2.75, 3.05) is 13.1 Å². The van der Waals surface area contributed by atoms with Crippen LogP contribution >= 0.6 is 0 Å². The molecule has 1 saturated heterocycles. The summed E-state index contributed by atoms with van der Waals surface area (Å²) < 4.78 is 0. The minimum absolute atomic E-state index is 0.183. The maximum absolute atomic E-state index is 12.8. The van der Waals surface area contributed by atoms with Crippen LogP contribution in [0.3, 0.4) is 0 Å². The molecule has 1 aliphatic rings. The van der Waals surface area contributed by atoms with Gasteiger partial charge < -0.3 is 0 Å². The van der Waals surface area contributed by atoms with Gasteiger partial charge in [-0.3, -0.25) is 9.69 Å². The van der Waals surface area contributed by atoms with Gasteiger partial charge in [-0.1, -0.05) is 68.4 Å². The third-order valence-electron chi connectivity index (χ3n) is 5.09. The van der Waals surface area contributed by atoms with E-state index in [4.69, 9.17) is 0 Å². The van der Waals surface area contributed by atoms with Gasteiger partial charge in [-0.05, 0) is 49.4 Å². The predicted molar refractivity (Wildman–Crippen MR) is 104 cm³/mol. The molecule has 2 aromatic rings. The van der Waals surface area contributed by atoms with Crippen LogP contribution in [0.1, 0.15) is 48.2 Å². The van der Waals surface area contributed by atoms with Gasteiger partial charge in [-0.2, -0.15) is 0 Å². The fraction of sp³-hybridized carbons (Fsp3) is 0.435. The molecule has 0 aliphatic carbocycles. The molecule has 2 heteroatoms. The summed E-state index contributed by atoms with van der Waals surface area (Å²) in [5, 5.41) is 0. The summed E-state index contributed by atoms with van der Waals surface area (Å²) in [6.07, 6.45) is 3.02. The Balaban J connectivity index is 1.52. The van der Waals surface area contributed by atoms with E-state index in [-0.39, 0.29) is 5.92 Å². The molecule has 0 spiro atoms. The Hall–Kier alpha value is -1.93. The number of benzene rings is 2. The number of ketones is 1. The maximum atomic E-state index is 12.8. The first-order valence-electron chi connectivity index (χ1n) is 9.51. The highest BCUT2D eigenvalue weighted by Gasteiger charge is 2.25. The Labute approximate surface area is 151 Å². The summed E-state index contributed by atoms with van der Waals surface area (Å²) in [5.41, 5.74) is 3.56. The Bertz CT molecular complexity index is 667. The quantitative estimate of drug-likeness (QED) is 0.694. The Kier molecular flexibility index (Phi) is 6.04. The number of carbonyl (C=O) groups is 1. The molecule has 0 amide bonds. The van der Waals surface area contributed by atoms with Gasteiger partial charge in [0.25, 0.3) is 0 Å². The average molecular weight is 335 g/mol. The molecule has 0 N–H and O–H groups in total. The van der Waals surface area contributed by atoms with Crippen LogP contribution in [0.25, 0.3) is 0 Å². The van der Waals surface area contributed by atoms with Crippen LogP contribution in [-0.2, 0) is 13.0 Å². The SMILES string of the molecule is CC(C)Cc1ccc(C(=O)C2CCN(Cc3ccccc3)CC2)cc1. The lowest BCUT2D eigenvalue weighted by molar-refractivity contribution is 0.0835. The van der Waals surface area contributed by atoms with E-state index in [1.165, 1.54) is 11.1 Å². The van der Waals surface area contributed by atoms with Crippen molar-refractivity contribution in [1.29, 1.82) is 0 Å². The van der Waals surface area contributed by atoms with E-state index in [9.17, 15) is 4.79 Å². The van der Waals surface area contributed by atoms with E-state index in [2.05, 4.69) is 61.2 Å². The summed E-state index contributed by atoms with van der Waals surface area (Å²) in [7, 11) is 0. The Morgan fingerprint density at radius 3 is 2.20 bits per heavy atom. The van der Waals surface area contributed by atoms with E-state index in [0.717, 1.165) is 44.5 Å². The number of carbonyl (C=O) groups excluding carboxylic acids is 1. The normalized spacial score (nSPS) is 16.3. The van der Waals surface area contributed by atoms with Crippen molar-refractivity contribution in [3.8, 4) is 0 Å². The molecule has 2 nitrogen and oxygen atoms in total. The highest BCUT2D eigenvalue weighted by molar-refractivity contribution is 5.97. The van der Waals surface area contributed by atoms with Gasteiger partial charge in [0, 0.05) is 18.0 Å². The van der Waals surface area contributed by atoms with Crippen molar-refractivity contribution in [2.24, 2.45) is 11.8 Å². The first kappa shape index (κ1) is 17.9. The number of likely N-dealkylation sites (tertiary alicyclic amines) is 1. The van der Waals surface area contributed by atoms with Crippen LogP contribution in [0.15, 0.2) is 54.6 Å². The molecular weight excluding hydrogens is 306 g/mol. The van der Waals surface area contributed by atoms with Crippen LogP contribution in [0, 0.1) is 11.8 Å². The number of hydrogen-bond acceptors (Lipinski definition) is 2. The van der Waals surface area contributed by atoms with Gasteiger partial charge in [-0.25, -0.2) is 0 Å². The van der Waals surface area contributed by atoms with Crippen molar-refractivity contribution in [3.05, 3.63) is 71.3 Å². The number of rotatable bonds is 6. The lowest BCUT2D eigenvalue weighted by Gasteiger charge is -2.31. The molecule has 0 atom stereocenters. The zero-order valence-corrected chi connectivity index (χ0v) is 15.4. The van der Waals surface area contributed by atoms with E-state index in [1.54, 1.807) is 0 Å². The molecule has 0 radical (unpaired) electrons. The fourth-order valence-corrected chi connectivity index (χ4v) is 3.71. The topological polar surface area (TPSA) is 20.3 Å². The number of hydrogen-bond donors (Lipinski definition) is 0. The molecule has 0 bridgehead atoms. The monoisotopic (exact) mass is 335 g/mol. The van der Waals surface area contributed by atoms with Gasteiger partial charge in [0.2, 0.25) is 0 Å². The van der Waals surface area contributed by atoms with Crippen LogP contribution in [0.5, 0.6) is 0 Å². The van der Waals surface area contributed by atoms with Gasteiger partial charge in [0.15, 0.2) is 5.78 Å². The van der Waals surface area contributed by atoms with E-state index < -0.39 is 0 Å². The van der Waals surface area contributed by atoms with Crippen molar-refractivity contribution in [2.45, 2.75) is 39.7 Å². The molecule has 25 heavy (non-hydrogen) atoms. The second-order valence-electron chi connectivity index (χ2n) is 7.70. The fourth-order valence-electron chi connectivity index (χ4n) is 3.71.